The molecule has 2 rings (SSSR count). The van der Waals surface area contributed by atoms with Gasteiger partial charge in [-0.25, -0.2) is 0 Å². The highest BCUT2D eigenvalue weighted by Crippen LogP contribution is 2.13. The molecule has 0 spiro atoms. The average Bonchev–Trinajstić information content (AvgIpc) is 3.06. The normalized spacial score (nSPS) is 17.0. The molecular weight excluding hydrogens is 282 g/mol. The van der Waals surface area contributed by atoms with Crippen molar-refractivity contribution in [1.82, 2.24) is 16.0 Å². The highest BCUT2D eigenvalue weighted by molar-refractivity contribution is 5.82. The number of ether oxygens (including phenoxy) is 1. The molecule has 1 atom stereocenters. The molecule has 1 heterocycles. The number of hydrogen-bond donors (Lipinski definition) is 3. The number of likely N-dealkylation sites (N-methyl/N-ethyl adjacent to an activating group) is 1. The number of amides is 2. The summed E-state index contributed by atoms with van der Waals surface area (Å²) in [5.41, 5.74) is 0.944. The van der Waals surface area contributed by atoms with Crippen LogP contribution in [0.2, 0.25) is 0 Å². The SMILES string of the molecule is CCNC(=O)COc1cccc(CNC(=O)C2CCCN2)c1. The van der Waals surface area contributed by atoms with Gasteiger partial charge in [0.25, 0.3) is 5.91 Å². The topological polar surface area (TPSA) is 79.5 Å². The Morgan fingerprint density at radius 2 is 2.23 bits per heavy atom. The molecule has 2 amide bonds. The van der Waals surface area contributed by atoms with E-state index in [4.69, 9.17) is 4.74 Å². The van der Waals surface area contributed by atoms with Crippen LogP contribution < -0.4 is 20.7 Å². The molecule has 0 bridgehead atoms. The Hall–Kier alpha value is -2.08. The van der Waals surface area contributed by atoms with Crippen molar-refractivity contribution in [1.29, 1.82) is 0 Å². The van der Waals surface area contributed by atoms with Crippen LogP contribution in [0.4, 0.5) is 0 Å². The molecule has 1 aromatic rings. The van der Waals surface area contributed by atoms with Gasteiger partial charge in [-0.2, -0.15) is 0 Å². The van der Waals surface area contributed by atoms with Crippen LogP contribution in [0.5, 0.6) is 5.75 Å². The summed E-state index contributed by atoms with van der Waals surface area (Å²) in [6.45, 7) is 3.80. The quantitative estimate of drug-likeness (QED) is 0.688. The van der Waals surface area contributed by atoms with Gasteiger partial charge in [-0.1, -0.05) is 12.1 Å². The Kier molecular flexibility index (Phi) is 6.21. The number of carbonyl (C=O) groups excluding carboxylic acids is 2. The van der Waals surface area contributed by atoms with Gasteiger partial charge in [0.05, 0.1) is 6.04 Å². The molecule has 6 nitrogen and oxygen atoms in total. The van der Waals surface area contributed by atoms with E-state index in [9.17, 15) is 9.59 Å². The van der Waals surface area contributed by atoms with E-state index in [1.165, 1.54) is 0 Å². The monoisotopic (exact) mass is 305 g/mol. The zero-order valence-corrected chi connectivity index (χ0v) is 12.9. The maximum absolute atomic E-state index is 11.9. The van der Waals surface area contributed by atoms with Gasteiger partial charge in [0.1, 0.15) is 5.75 Å². The van der Waals surface area contributed by atoms with E-state index in [2.05, 4.69) is 16.0 Å². The number of benzene rings is 1. The first-order valence-electron chi connectivity index (χ1n) is 7.68. The van der Waals surface area contributed by atoms with Crippen molar-refractivity contribution >= 4 is 11.8 Å². The third kappa shape index (κ3) is 5.04. The van der Waals surface area contributed by atoms with Gasteiger partial charge in [-0.05, 0) is 44.0 Å². The first kappa shape index (κ1) is 16.3. The lowest BCUT2D eigenvalue weighted by atomic mass is 10.2. The predicted molar refractivity (Wildman–Crippen MR) is 83.5 cm³/mol. The van der Waals surface area contributed by atoms with Crippen molar-refractivity contribution in [3.8, 4) is 5.75 Å². The van der Waals surface area contributed by atoms with Crippen LogP contribution in [0.1, 0.15) is 25.3 Å². The Morgan fingerprint density at radius 1 is 1.36 bits per heavy atom. The third-order valence-corrected chi connectivity index (χ3v) is 3.49. The minimum Gasteiger partial charge on any atom is -0.484 e. The molecule has 120 valence electrons. The third-order valence-electron chi connectivity index (χ3n) is 3.49. The first-order valence-corrected chi connectivity index (χ1v) is 7.68. The highest BCUT2D eigenvalue weighted by atomic mass is 16.5. The molecule has 1 aliphatic heterocycles. The van der Waals surface area contributed by atoms with Gasteiger partial charge >= 0.3 is 0 Å². The van der Waals surface area contributed by atoms with Crippen LogP contribution in [0.15, 0.2) is 24.3 Å². The fourth-order valence-corrected chi connectivity index (χ4v) is 2.36. The summed E-state index contributed by atoms with van der Waals surface area (Å²) in [5, 5.41) is 8.76. The summed E-state index contributed by atoms with van der Waals surface area (Å²) in [6, 6.07) is 7.33. The van der Waals surface area contributed by atoms with Crippen LogP contribution in [0, 0.1) is 0 Å². The largest absolute Gasteiger partial charge is 0.484 e. The predicted octanol–water partition coefficient (Wildman–Crippen LogP) is 0.570. The zero-order valence-electron chi connectivity index (χ0n) is 12.9. The number of nitrogens with one attached hydrogen (secondary N) is 3. The number of carbonyl (C=O) groups is 2. The second-order valence-electron chi connectivity index (χ2n) is 5.26. The fraction of sp³-hybridized carbons (Fsp3) is 0.500. The second kappa shape index (κ2) is 8.38. The van der Waals surface area contributed by atoms with E-state index in [0.717, 1.165) is 24.9 Å². The van der Waals surface area contributed by atoms with Gasteiger partial charge in [0, 0.05) is 13.1 Å². The van der Waals surface area contributed by atoms with Crippen LogP contribution in [-0.2, 0) is 16.1 Å². The van der Waals surface area contributed by atoms with Crippen molar-refractivity contribution in [2.24, 2.45) is 0 Å². The van der Waals surface area contributed by atoms with Crippen molar-refractivity contribution in [3.05, 3.63) is 29.8 Å². The maximum Gasteiger partial charge on any atom is 0.257 e. The summed E-state index contributed by atoms with van der Waals surface area (Å²) in [7, 11) is 0. The molecule has 1 unspecified atom stereocenters. The molecule has 22 heavy (non-hydrogen) atoms. The van der Waals surface area contributed by atoms with Crippen molar-refractivity contribution in [3.63, 3.8) is 0 Å². The van der Waals surface area contributed by atoms with E-state index >= 15 is 0 Å². The van der Waals surface area contributed by atoms with Crippen LogP contribution in [0.3, 0.4) is 0 Å². The van der Waals surface area contributed by atoms with Crippen molar-refractivity contribution < 1.29 is 14.3 Å². The van der Waals surface area contributed by atoms with Gasteiger partial charge in [0.15, 0.2) is 6.61 Å². The Morgan fingerprint density at radius 3 is 2.95 bits per heavy atom. The molecule has 1 aliphatic rings. The van der Waals surface area contributed by atoms with E-state index in [-0.39, 0.29) is 24.5 Å². The standard InChI is InChI=1S/C16H23N3O3/c1-2-17-15(20)11-22-13-6-3-5-12(9-13)10-19-16(21)14-7-4-8-18-14/h3,5-6,9,14,18H,2,4,7-8,10-11H2,1H3,(H,17,20)(H,19,21). The van der Waals surface area contributed by atoms with Crippen LogP contribution in [0.25, 0.3) is 0 Å². The summed E-state index contributed by atoms with van der Waals surface area (Å²) in [4.78, 5) is 23.3. The van der Waals surface area contributed by atoms with E-state index in [1.54, 1.807) is 6.07 Å². The molecule has 0 aromatic heterocycles. The lowest BCUT2D eigenvalue weighted by molar-refractivity contribution is -0.123. The summed E-state index contributed by atoms with van der Waals surface area (Å²) in [6.07, 6.45) is 1.93. The van der Waals surface area contributed by atoms with Gasteiger partial charge in [0.2, 0.25) is 5.91 Å². The van der Waals surface area contributed by atoms with Gasteiger partial charge in [-0.15, -0.1) is 0 Å². The minimum atomic E-state index is -0.145. The molecule has 1 fully saturated rings. The Labute approximate surface area is 130 Å². The first-order chi connectivity index (χ1) is 10.7. The molecule has 1 saturated heterocycles. The number of hydrogen-bond acceptors (Lipinski definition) is 4. The fourth-order valence-electron chi connectivity index (χ4n) is 2.36. The van der Waals surface area contributed by atoms with E-state index in [1.807, 2.05) is 25.1 Å². The Bertz CT molecular complexity index is 513. The van der Waals surface area contributed by atoms with Gasteiger partial charge < -0.3 is 20.7 Å². The number of rotatable bonds is 7. The summed E-state index contributed by atoms with van der Waals surface area (Å²) >= 11 is 0. The lowest BCUT2D eigenvalue weighted by Gasteiger charge is -2.12. The van der Waals surface area contributed by atoms with Crippen molar-refractivity contribution in [2.75, 3.05) is 19.7 Å². The molecule has 6 heteroatoms. The highest BCUT2D eigenvalue weighted by Gasteiger charge is 2.21. The average molecular weight is 305 g/mol. The van der Waals surface area contributed by atoms with Gasteiger partial charge in [-0.3, -0.25) is 9.59 Å². The van der Waals surface area contributed by atoms with Crippen LogP contribution >= 0.6 is 0 Å². The molecule has 0 radical (unpaired) electrons. The van der Waals surface area contributed by atoms with Crippen LogP contribution in [-0.4, -0.2) is 37.6 Å². The minimum absolute atomic E-state index is 0.00432. The van der Waals surface area contributed by atoms with E-state index < -0.39 is 0 Å². The maximum atomic E-state index is 11.9. The molecule has 3 N–H and O–H groups in total. The lowest BCUT2D eigenvalue weighted by Crippen LogP contribution is -2.39. The molecule has 1 aromatic carbocycles. The summed E-state index contributed by atoms with van der Waals surface area (Å²) < 4.78 is 5.43. The van der Waals surface area contributed by atoms with Crippen molar-refractivity contribution in [2.45, 2.75) is 32.4 Å². The molecule has 0 aliphatic carbocycles. The molecule has 0 saturated carbocycles. The Balaban J connectivity index is 1.80. The van der Waals surface area contributed by atoms with E-state index in [0.29, 0.717) is 18.8 Å². The second-order valence-corrected chi connectivity index (χ2v) is 5.26. The smallest absolute Gasteiger partial charge is 0.257 e. The summed E-state index contributed by atoms with van der Waals surface area (Å²) in [5.74, 6) is 0.511. The molecular formula is C16H23N3O3. The zero-order chi connectivity index (χ0) is 15.8.